The highest BCUT2D eigenvalue weighted by Crippen LogP contribution is 2.35. The molecule has 2 rings (SSSR count). The molecule has 2 unspecified atom stereocenters. The van der Waals surface area contributed by atoms with Gasteiger partial charge in [0.15, 0.2) is 0 Å². The summed E-state index contributed by atoms with van der Waals surface area (Å²) in [6.07, 6.45) is -0.625. The van der Waals surface area contributed by atoms with E-state index in [1.54, 1.807) is 6.92 Å². The lowest BCUT2D eigenvalue weighted by Gasteiger charge is -2.18. The first-order chi connectivity index (χ1) is 11.7. The minimum Gasteiger partial charge on any atom is -0.466 e. The number of benzene rings is 1. The van der Waals surface area contributed by atoms with Crippen LogP contribution in [0, 0.1) is 5.92 Å². The molecule has 0 aliphatic carbocycles. The van der Waals surface area contributed by atoms with E-state index in [0.29, 0.717) is 6.54 Å². The Balaban J connectivity index is 2.14. The Bertz CT molecular complexity index is 621. The fourth-order valence-electron chi connectivity index (χ4n) is 2.72. The third kappa shape index (κ3) is 5.91. The standard InChI is InChI=1S/C16H17BrCl3NO4/c1-2-24-14(22)13-8-21(15(23)25-9-16(18,19)20)7-12(13)10-3-5-11(17)6-4-10/h3-6,12-13H,2,7-9H2,1H3. The summed E-state index contributed by atoms with van der Waals surface area (Å²) in [5.74, 6) is -0.999. The summed E-state index contributed by atoms with van der Waals surface area (Å²) >= 11 is 20.2. The lowest BCUT2D eigenvalue weighted by atomic mass is 9.89. The second kappa shape index (κ2) is 8.80. The van der Waals surface area contributed by atoms with Crippen molar-refractivity contribution < 1.29 is 19.1 Å². The second-order valence-electron chi connectivity index (χ2n) is 5.59. The number of hydrogen-bond donors (Lipinski definition) is 0. The van der Waals surface area contributed by atoms with Crippen molar-refractivity contribution in [1.82, 2.24) is 4.90 Å². The highest BCUT2D eigenvalue weighted by molar-refractivity contribution is 9.10. The summed E-state index contributed by atoms with van der Waals surface area (Å²) in [7, 11) is 0. The maximum absolute atomic E-state index is 12.3. The van der Waals surface area contributed by atoms with Crippen molar-refractivity contribution >= 4 is 62.8 Å². The molecule has 138 valence electrons. The number of esters is 1. The van der Waals surface area contributed by atoms with Gasteiger partial charge in [-0.1, -0.05) is 62.9 Å². The van der Waals surface area contributed by atoms with Crippen molar-refractivity contribution in [3.63, 3.8) is 0 Å². The van der Waals surface area contributed by atoms with Crippen LogP contribution in [0.4, 0.5) is 4.79 Å². The van der Waals surface area contributed by atoms with E-state index in [9.17, 15) is 9.59 Å². The molecule has 1 amide bonds. The van der Waals surface area contributed by atoms with Gasteiger partial charge in [-0.15, -0.1) is 0 Å². The number of hydrogen-bond acceptors (Lipinski definition) is 4. The Labute approximate surface area is 169 Å². The molecule has 1 aliphatic rings. The molecule has 0 radical (unpaired) electrons. The van der Waals surface area contributed by atoms with Crippen LogP contribution < -0.4 is 0 Å². The molecule has 2 atom stereocenters. The molecule has 0 aromatic heterocycles. The predicted molar refractivity (Wildman–Crippen MR) is 100 cm³/mol. The summed E-state index contributed by atoms with van der Waals surface area (Å²) in [4.78, 5) is 26.0. The summed E-state index contributed by atoms with van der Waals surface area (Å²) in [5, 5.41) is 0. The van der Waals surface area contributed by atoms with Crippen LogP contribution in [0.2, 0.25) is 0 Å². The highest BCUT2D eigenvalue weighted by Gasteiger charge is 2.42. The minimum atomic E-state index is -1.68. The third-order valence-electron chi connectivity index (χ3n) is 3.82. The van der Waals surface area contributed by atoms with Gasteiger partial charge in [-0.25, -0.2) is 4.79 Å². The van der Waals surface area contributed by atoms with Crippen molar-refractivity contribution in [3.8, 4) is 0 Å². The molecule has 0 spiro atoms. The summed E-state index contributed by atoms with van der Waals surface area (Å²) in [6, 6.07) is 7.61. The van der Waals surface area contributed by atoms with E-state index in [1.807, 2.05) is 24.3 Å². The first-order valence-corrected chi connectivity index (χ1v) is 9.54. The van der Waals surface area contributed by atoms with Gasteiger partial charge in [0.25, 0.3) is 0 Å². The van der Waals surface area contributed by atoms with Crippen LogP contribution in [0.15, 0.2) is 28.7 Å². The molecule has 25 heavy (non-hydrogen) atoms. The number of likely N-dealkylation sites (tertiary alicyclic amines) is 1. The maximum Gasteiger partial charge on any atom is 0.409 e. The van der Waals surface area contributed by atoms with Crippen molar-refractivity contribution in [2.45, 2.75) is 16.6 Å². The van der Waals surface area contributed by atoms with Gasteiger partial charge in [0, 0.05) is 23.5 Å². The third-order valence-corrected chi connectivity index (χ3v) is 4.68. The van der Waals surface area contributed by atoms with Crippen molar-refractivity contribution in [2.75, 3.05) is 26.3 Å². The van der Waals surface area contributed by atoms with Gasteiger partial charge in [-0.05, 0) is 24.6 Å². The Kier molecular flexibility index (Phi) is 7.26. The van der Waals surface area contributed by atoms with Crippen molar-refractivity contribution in [3.05, 3.63) is 34.3 Å². The summed E-state index contributed by atoms with van der Waals surface area (Å²) in [5.41, 5.74) is 0.943. The molecular formula is C16H17BrCl3NO4. The maximum atomic E-state index is 12.3. The Morgan fingerprint density at radius 2 is 1.84 bits per heavy atom. The highest BCUT2D eigenvalue weighted by atomic mass is 79.9. The molecular weight excluding hydrogens is 456 g/mol. The minimum absolute atomic E-state index is 0.188. The van der Waals surface area contributed by atoms with E-state index in [0.717, 1.165) is 10.0 Å². The molecule has 1 aliphatic heterocycles. The van der Waals surface area contributed by atoms with Crippen LogP contribution >= 0.6 is 50.7 Å². The average molecular weight is 474 g/mol. The van der Waals surface area contributed by atoms with E-state index in [4.69, 9.17) is 44.3 Å². The average Bonchev–Trinajstić information content (AvgIpc) is 2.98. The predicted octanol–water partition coefficient (Wildman–Crippen LogP) is 4.53. The molecule has 1 saturated heterocycles. The Morgan fingerprint density at radius 1 is 1.20 bits per heavy atom. The van der Waals surface area contributed by atoms with Gasteiger partial charge in [0.05, 0.1) is 12.5 Å². The van der Waals surface area contributed by atoms with E-state index in [2.05, 4.69) is 15.9 Å². The molecule has 1 aromatic rings. The van der Waals surface area contributed by atoms with Gasteiger partial charge in [-0.3, -0.25) is 4.79 Å². The monoisotopic (exact) mass is 471 g/mol. The Hall–Kier alpha value is -0.690. The lowest BCUT2D eigenvalue weighted by Crippen LogP contribution is -2.32. The van der Waals surface area contributed by atoms with Crippen LogP contribution in [-0.4, -0.2) is 47.1 Å². The van der Waals surface area contributed by atoms with E-state index in [-0.39, 0.29) is 31.6 Å². The lowest BCUT2D eigenvalue weighted by molar-refractivity contribution is -0.147. The number of amides is 1. The van der Waals surface area contributed by atoms with Crippen LogP contribution in [0.3, 0.4) is 0 Å². The number of ether oxygens (including phenoxy) is 2. The van der Waals surface area contributed by atoms with Crippen LogP contribution in [-0.2, 0) is 14.3 Å². The molecule has 9 heteroatoms. The number of carbonyl (C=O) groups excluding carboxylic acids is 2. The van der Waals surface area contributed by atoms with E-state index in [1.165, 1.54) is 4.90 Å². The Morgan fingerprint density at radius 3 is 2.40 bits per heavy atom. The van der Waals surface area contributed by atoms with Gasteiger partial charge < -0.3 is 14.4 Å². The number of alkyl halides is 3. The van der Waals surface area contributed by atoms with Crippen molar-refractivity contribution in [1.29, 1.82) is 0 Å². The normalized spacial score (nSPS) is 20.4. The van der Waals surface area contributed by atoms with Crippen LogP contribution in [0.1, 0.15) is 18.4 Å². The van der Waals surface area contributed by atoms with Gasteiger partial charge in [0.1, 0.15) is 6.61 Å². The molecule has 0 N–H and O–H groups in total. The summed E-state index contributed by atoms with van der Waals surface area (Å²) in [6.45, 7) is 2.18. The SMILES string of the molecule is CCOC(=O)C1CN(C(=O)OCC(Cl)(Cl)Cl)CC1c1ccc(Br)cc1. The number of nitrogens with zero attached hydrogens (tertiary/aromatic N) is 1. The van der Waals surface area contributed by atoms with Crippen LogP contribution in [0.25, 0.3) is 0 Å². The number of rotatable bonds is 4. The quantitative estimate of drug-likeness (QED) is 0.476. The van der Waals surface area contributed by atoms with E-state index < -0.39 is 15.8 Å². The first kappa shape index (κ1) is 20.6. The fraction of sp³-hybridized carbons (Fsp3) is 0.500. The molecule has 1 aromatic carbocycles. The summed E-state index contributed by atoms with van der Waals surface area (Å²) < 4.78 is 9.42. The topological polar surface area (TPSA) is 55.8 Å². The zero-order chi connectivity index (χ0) is 18.6. The molecule has 1 heterocycles. The molecule has 0 bridgehead atoms. The first-order valence-electron chi connectivity index (χ1n) is 7.62. The molecule has 5 nitrogen and oxygen atoms in total. The second-order valence-corrected chi connectivity index (χ2v) is 9.02. The zero-order valence-corrected chi connectivity index (χ0v) is 17.2. The molecule has 0 saturated carbocycles. The van der Waals surface area contributed by atoms with Crippen LogP contribution in [0.5, 0.6) is 0 Å². The van der Waals surface area contributed by atoms with Gasteiger partial charge in [-0.2, -0.15) is 0 Å². The van der Waals surface area contributed by atoms with Crippen molar-refractivity contribution in [2.24, 2.45) is 5.92 Å². The number of carbonyl (C=O) groups is 2. The fourth-order valence-corrected chi connectivity index (χ4v) is 3.15. The smallest absolute Gasteiger partial charge is 0.409 e. The number of halogens is 4. The zero-order valence-electron chi connectivity index (χ0n) is 13.4. The van der Waals surface area contributed by atoms with Gasteiger partial charge >= 0.3 is 12.1 Å². The van der Waals surface area contributed by atoms with Gasteiger partial charge in [0.2, 0.25) is 3.79 Å². The molecule has 1 fully saturated rings. The van der Waals surface area contributed by atoms with E-state index >= 15 is 0 Å². The largest absolute Gasteiger partial charge is 0.466 e.